The summed E-state index contributed by atoms with van der Waals surface area (Å²) >= 11 is 5.89. The summed E-state index contributed by atoms with van der Waals surface area (Å²) < 4.78 is 33.6. The molecule has 0 unspecified atom stereocenters. The summed E-state index contributed by atoms with van der Waals surface area (Å²) in [5, 5.41) is 3.34. The summed E-state index contributed by atoms with van der Waals surface area (Å²) in [6.45, 7) is 4.34. The van der Waals surface area contributed by atoms with Crippen LogP contribution in [-0.4, -0.2) is 61.7 Å². The molecule has 170 valence electrons. The number of fused-ring (bicyclic) bond motifs is 1. The van der Waals surface area contributed by atoms with Gasteiger partial charge < -0.3 is 15.0 Å². The van der Waals surface area contributed by atoms with Crippen molar-refractivity contribution in [2.45, 2.75) is 31.3 Å². The molecule has 2 aliphatic rings. The van der Waals surface area contributed by atoms with Gasteiger partial charge >= 0.3 is 0 Å². The predicted octanol–water partition coefficient (Wildman–Crippen LogP) is 2.44. The Hall–Kier alpha value is -2.62. The zero-order valence-corrected chi connectivity index (χ0v) is 19.4. The molecule has 2 aliphatic heterocycles. The number of anilines is 1. The van der Waals surface area contributed by atoms with Crippen LogP contribution in [0.3, 0.4) is 0 Å². The van der Waals surface area contributed by atoms with E-state index in [1.54, 1.807) is 36.9 Å². The van der Waals surface area contributed by atoms with E-state index < -0.39 is 16.1 Å². The highest BCUT2D eigenvalue weighted by atomic mass is 35.5. The van der Waals surface area contributed by atoms with Crippen molar-refractivity contribution in [3.05, 3.63) is 52.5 Å². The van der Waals surface area contributed by atoms with Crippen LogP contribution < -0.4 is 10.1 Å². The second kappa shape index (κ2) is 8.73. The third kappa shape index (κ3) is 4.46. The minimum Gasteiger partial charge on any atom is -0.479 e. The number of carbonyl (C=O) groups is 2. The van der Waals surface area contributed by atoms with E-state index in [0.29, 0.717) is 35.1 Å². The van der Waals surface area contributed by atoms with Gasteiger partial charge in [0.1, 0.15) is 5.75 Å². The van der Waals surface area contributed by atoms with Gasteiger partial charge in [0.15, 0.2) is 6.10 Å². The van der Waals surface area contributed by atoms with Gasteiger partial charge in [0.2, 0.25) is 15.9 Å². The second-order valence-corrected chi connectivity index (χ2v) is 10.3. The third-order valence-electron chi connectivity index (χ3n) is 5.69. The van der Waals surface area contributed by atoms with Crippen molar-refractivity contribution in [3.63, 3.8) is 0 Å². The largest absolute Gasteiger partial charge is 0.479 e. The van der Waals surface area contributed by atoms with E-state index in [1.807, 2.05) is 12.1 Å². The molecule has 2 aromatic rings. The first-order valence-corrected chi connectivity index (χ1v) is 12.1. The fourth-order valence-electron chi connectivity index (χ4n) is 3.83. The average molecular weight is 478 g/mol. The molecule has 1 saturated heterocycles. The van der Waals surface area contributed by atoms with Crippen LogP contribution in [0.15, 0.2) is 41.3 Å². The molecule has 2 aromatic carbocycles. The average Bonchev–Trinajstić information content (AvgIpc) is 2.76. The lowest BCUT2D eigenvalue weighted by atomic mass is 10.1. The van der Waals surface area contributed by atoms with E-state index >= 15 is 0 Å². The molecule has 0 aliphatic carbocycles. The standard InChI is InChI=1S/C22H24ClN3O5S/c1-14-11-18-19(31-15(2)22(28)24-18)13-20(14)32(29,30)26-9-7-25(8-10-26)21(27)12-16-3-5-17(23)6-4-16/h3-6,11,13,15H,7-10,12H2,1-2H3,(H,24,28)/t15-/m0/s1. The van der Waals surface area contributed by atoms with E-state index in [4.69, 9.17) is 16.3 Å². The van der Waals surface area contributed by atoms with Crippen LogP contribution in [0.2, 0.25) is 5.02 Å². The molecule has 8 nitrogen and oxygen atoms in total. The van der Waals surface area contributed by atoms with E-state index in [2.05, 4.69) is 5.32 Å². The number of nitrogens with one attached hydrogen (secondary N) is 1. The zero-order chi connectivity index (χ0) is 23.0. The van der Waals surface area contributed by atoms with Crippen molar-refractivity contribution in [3.8, 4) is 5.75 Å². The lowest BCUT2D eigenvalue weighted by molar-refractivity contribution is -0.131. The molecule has 2 heterocycles. The first-order chi connectivity index (χ1) is 15.1. The van der Waals surface area contributed by atoms with E-state index in [-0.39, 0.29) is 36.2 Å². The molecule has 0 saturated carbocycles. The number of nitrogens with zero attached hydrogens (tertiary/aromatic N) is 2. The highest BCUT2D eigenvalue weighted by Gasteiger charge is 2.33. The lowest BCUT2D eigenvalue weighted by Gasteiger charge is -2.34. The first kappa shape index (κ1) is 22.6. The Morgan fingerprint density at radius 2 is 1.81 bits per heavy atom. The number of carbonyl (C=O) groups excluding carboxylic acids is 2. The van der Waals surface area contributed by atoms with Crippen LogP contribution in [0.4, 0.5) is 5.69 Å². The highest BCUT2D eigenvalue weighted by Crippen LogP contribution is 2.35. The number of hydrogen-bond acceptors (Lipinski definition) is 5. The number of hydrogen-bond donors (Lipinski definition) is 1. The number of ether oxygens (including phenoxy) is 1. The van der Waals surface area contributed by atoms with Gasteiger partial charge in [-0.2, -0.15) is 4.31 Å². The van der Waals surface area contributed by atoms with Crippen LogP contribution in [0, 0.1) is 6.92 Å². The topological polar surface area (TPSA) is 96.0 Å². The maximum atomic E-state index is 13.3. The summed E-state index contributed by atoms with van der Waals surface area (Å²) in [5.74, 6) is 0.0115. The molecule has 10 heteroatoms. The number of halogens is 1. The Balaban J connectivity index is 1.45. The summed E-state index contributed by atoms with van der Waals surface area (Å²) in [6.07, 6.45) is -0.453. The van der Waals surface area contributed by atoms with Gasteiger partial charge in [0.25, 0.3) is 5.91 Å². The summed E-state index contributed by atoms with van der Waals surface area (Å²) in [6, 6.07) is 10.2. The van der Waals surface area contributed by atoms with Gasteiger partial charge in [0, 0.05) is 37.3 Å². The van der Waals surface area contributed by atoms with Crippen molar-refractivity contribution >= 4 is 39.1 Å². The van der Waals surface area contributed by atoms with Gasteiger partial charge in [-0.1, -0.05) is 23.7 Å². The zero-order valence-electron chi connectivity index (χ0n) is 17.8. The molecule has 0 radical (unpaired) electrons. The molecule has 0 bridgehead atoms. The minimum atomic E-state index is -3.78. The third-order valence-corrected chi connectivity index (χ3v) is 7.98. The Labute approximate surface area is 192 Å². The fourth-order valence-corrected chi connectivity index (χ4v) is 5.60. The van der Waals surface area contributed by atoms with E-state index in [9.17, 15) is 18.0 Å². The number of sulfonamides is 1. The molecule has 1 atom stereocenters. The van der Waals surface area contributed by atoms with Gasteiger partial charge in [-0.15, -0.1) is 0 Å². The number of benzene rings is 2. The number of amides is 2. The van der Waals surface area contributed by atoms with Gasteiger partial charge in [-0.3, -0.25) is 9.59 Å². The Bertz CT molecular complexity index is 1160. The fraction of sp³-hybridized carbons (Fsp3) is 0.364. The van der Waals surface area contributed by atoms with Gasteiger partial charge in [-0.05, 0) is 43.2 Å². The predicted molar refractivity (Wildman–Crippen MR) is 120 cm³/mol. The summed E-state index contributed by atoms with van der Waals surface area (Å²) in [4.78, 5) is 26.3. The SMILES string of the molecule is Cc1cc2c(cc1S(=O)(=O)N1CCN(C(=O)Cc3ccc(Cl)cc3)CC1)O[C@@H](C)C(=O)N2. The lowest BCUT2D eigenvalue weighted by Crippen LogP contribution is -2.51. The van der Waals surface area contributed by atoms with E-state index in [1.165, 1.54) is 10.4 Å². The Morgan fingerprint density at radius 1 is 1.16 bits per heavy atom. The maximum Gasteiger partial charge on any atom is 0.265 e. The quantitative estimate of drug-likeness (QED) is 0.729. The van der Waals surface area contributed by atoms with E-state index in [0.717, 1.165) is 5.56 Å². The molecule has 1 N–H and O–H groups in total. The molecule has 2 amide bonds. The molecule has 4 rings (SSSR count). The van der Waals surface area contributed by atoms with Crippen LogP contribution in [0.25, 0.3) is 0 Å². The van der Waals surface area contributed by atoms with Crippen molar-refractivity contribution in [1.82, 2.24) is 9.21 Å². The molecule has 0 spiro atoms. The number of piperazine rings is 1. The normalized spacial score (nSPS) is 19.2. The minimum absolute atomic E-state index is 0.0486. The van der Waals surface area contributed by atoms with Crippen LogP contribution in [-0.2, 0) is 26.0 Å². The van der Waals surface area contributed by atoms with Crippen molar-refractivity contribution in [2.24, 2.45) is 0 Å². The summed E-state index contributed by atoms with van der Waals surface area (Å²) in [5.41, 5.74) is 1.84. The first-order valence-electron chi connectivity index (χ1n) is 10.3. The number of rotatable bonds is 4. The Morgan fingerprint density at radius 3 is 2.47 bits per heavy atom. The molecular weight excluding hydrogens is 454 g/mol. The van der Waals surface area contributed by atoms with Crippen LogP contribution in [0.5, 0.6) is 5.75 Å². The van der Waals surface area contributed by atoms with Crippen molar-refractivity contribution in [1.29, 1.82) is 0 Å². The highest BCUT2D eigenvalue weighted by molar-refractivity contribution is 7.89. The Kier molecular flexibility index (Phi) is 6.15. The second-order valence-electron chi connectivity index (χ2n) is 7.95. The number of aryl methyl sites for hydroxylation is 1. The van der Waals surface area contributed by atoms with Gasteiger partial charge in [-0.25, -0.2) is 8.42 Å². The molecule has 1 fully saturated rings. The maximum absolute atomic E-state index is 13.3. The molecule has 32 heavy (non-hydrogen) atoms. The van der Waals surface area contributed by atoms with Gasteiger partial charge in [0.05, 0.1) is 17.0 Å². The molecule has 0 aromatic heterocycles. The molecular formula is C22H24ClN3O5S. The smallest absolute Gasteiger partial charge is 0.265 e. The summed E-state index contributed by atoms with van der Waals surface area (Å²) in [7, 11) is -3.78. The van der Waals surface area contributed by atoms with Crippen LogP contribution in [0.1, 0.15) is 18.1 Å². The van der Waals surface area contributed by atoms with Crippen LogP contribution >= 0.6 is 11.6 Å². The van der Waals surface area contributed by atoms with Crippen molar-refractivity contribution < 1.29 is 22.7 Å². The van der Waals surface area contributed by atoms with Crippen molar-refractivity contribution in [2.75, 3.05) is 31.5 Å². The monoisotopic (exact) mass is 477 g/mol.